The highest BCUT2D eigenvalue weighted by Crippen LogP contribution is 2.24. The molecule has 0 saturated heterocycles. The van der Waals surface area contributed by atoms with Gasteiger partial charge in [-0.05, 0) is 19.1 Å². The minimum absolute atomic E-state index is 0.177. The van der Waals surface area contributed by atoms with E-state index in [2.05, 4.69) is 15.0 Å². The molecular formula is C10H13N5O2S. The SMILES string of the molecule is COc1ncnc2c1[nH]c(=S)n2C(C)CC(N)=O. The van der Waals surface area contributed by atoms with E-state index in [-0.39, 0.29) is 18.4 Å². The van der Waals surface area contributed by atoms with Gasteiger partial charge in [0.05, 0.1) is 7.11 Å². The zero-order valence-corrected chi connectivity index (χ0v) is 10.8. The second kappa shape index (κ2) is 4.73. The second-order valence-corrected chi connectivity index (χ2v) is 4.29. The van der Waals surface area contributed by atoms with Crippen molar-refractivity contribution in [3.8, 4) is 5.88 Å². The first kappa shape index (κ1) is 12.5. The lowest BCUT2D eigenvalue weighted by molar-refractivity contribution is -0.118. The van der Waals surface area contributed by atoms with E-state index < -0.39 is 0 Å². The highest BCUT2D eigenvalue weighted by Gasteiger charge is 2.16. The van der Waals surface area contributed by atoms with Gasteiger partial charge in [0.15, 0.2) is 10.4 Å². The number of carbonyl (C=O) groups excluding carboxylic acids is 1. The van der Waals surface area contributed by atoms with E-state index in [4.69, 9.17) is 22.7 Å². The van der Waals surface area contributed by atoms with E-state index in [1.807, 2.05) is 6.92 Å². The van der Waals surface area contributed by atoms with Gasteiger partial charge in [-0.1, -0.05) is 0 Å². The third-order valence-corrected chi connectivity index (χ3v) is 2.90. The zero-order chi connectivity index (χ0) is 13.3. The third kappa shape index (κ3) is 2.06. The lowest BCUT2D eigenvalue weighted by atomic mass is 10.2. The fraction of sp³-hybridized carbons (Fsp3) is 0.400. The summed E-state index contributed by atoms with van der Waals surface area (Å²) in [5.41, 5.74) is 6.41. The molecule has 7 nitrogen and oxygen atoms in total. The normalized spacial score (nSPS) is 12.6. The highest BCUT2D eigenvalue weighted by molar-refractivity contribution is 7.71. The Morgan fingerprint density at radius 1 is 1.67 bits per heavy atom. The van der Waals surface area contributed by atoms with Crippen molar-refractivity contribution in [1.29, 1.82) is 0 Å². The molecule has 0 aliphatic rings. The number of methoxy groups -OCH3 is 1. The number of hydrogen-bond acceptors (Lipinski definition) is 5. The molecule has 2 aromatic heterocycles. The number of rotatable bonds is 4. The van der Waals surface area contributed by atoms with Crippen molar-refractivity contribution in [3.05, 3.63) is 11.1 Å². The molecule has 0 saturated carbocycles. The van der Waals surface area contributed by atoms with Gasteiger partial charge in [-0.2, -0.15) is 4.98 Å². The molecule has 2 rings (SSSR count). The van der Waals surface area contributed by atoms with Crippen LogP contribution >= 0.6 is 12.2 Å². The maximum atomic E-state index is 11.0. The van der Waals surface area contributed by atoms with Crippen molar-refractivity contribution < 1.29 is 9.53 Å². The van der Waals surface area contributed by atoms with Crippen molar-refractivity contribution >= 4 is 29.3 Å². The first-order chi connectivity index (χ1) is 8.54. The Labute approximate surface area is 108 Å². The van der Waals surface area contributed by atoms with E-state index in [1.54, 1.807) is 4.57 Å². The monoisotopic (exact) mass is 267 g/mol. The summed E-state index contributed by atoms with van der Waals surface area (Å²) < 4.78 is 7.31. The predicted octanol–water partition coefficient (Wildman–Crippen LogP) is 0.934. The molecule has 18 heavy (non-hydrogen) atoms. The molecule has 1 unspecified atom stereocenters. The maximum Gasteiger partial charge on any atom is 0.242 e. The maximum absolute atomic E-state index is 11.0. The number of nitrogens with zero attached hydrogens (tertiary/aromatic N) is 3. The Morgan fingerprint density at radius 2 is 2.39 bits per heavy atom. The highest BCUT2D eigenvalue weighted by atomic mass is 32.1. The van der Waals surface area contributed by atoms with Crippen LogP contribution in [0.25, 0.3) is 11.2 Å². The van der Waals surface area contributed by atoms with Crippen LogP contribution < -0.4 is 10.5 Å². The zero-order valence-electron chi connectivity index (χ0n) is 10.0. The van der Waals surface area contributed by atoms with E-state index in [0.717, 1.165) is 0 Å². The molecule has 0 aliphatic carbocycles. The largest absolute Gasteiger partial charge is 0.479 e. The van der Waals surface area contributed by atoms with Crippen molar-refractivity contribution in [3.63, 3.8) is 0 Å². The number of carbonyl (C=O) groups is 1. The molecule has 0 aliphatic heterocycles. The van der Waals surface area contributed by atoms with Crippen LogP contribution in [0.4, 0.5) is 0 Å². The molecule has 2 heterocycles. The summed E-state index contributed by atoms with van der Waals surface area (Å²) in [7, 11) is 1.52. The number of hydrogen-bond donors (Lipinski definition) is 2. The van der Waals surface area contributed by atoms with Gasteiger partial charge in [-0.25, -0.2) is 4.98 Å². The standard InChI is InChI=1S/C10H13N5O2S/c1-5(3-6(11)16)15-8-7(14-10(15)18)9(17-2)13-4-12-8/h4-5H,3H2,1-2H3,(H2,11,16)(H,14,18). The molecule has 0 fully saturated rings. The minimum atomic E-state index is -0.389. The molecule has 3 N–H and O–H groups in total. The van der Waals surface area contributed by atoms with Crippen LogP contribution in [-0.4, -0.2) is 32.5 Å². The van der Waals surface area contributed by atoms with Crippen LogP contribution in [0.5, 0.6) is 5.88 Å². The van der Waals surface area contributed by atoms with Gasteiger partial charge in [0.2, 0.25) is 11.8 Å². The van der Waals surface area contributed by atoms with Gasteiger partial charge in [0.1, 0.15) is 11.8 Å². The summed E-state index contributed by atoms with van der Waals surface area (Å²) in [4.78, 5) is 22.1. The third-order valence-electron chi connectivity index (χ3n) is 2.60. The molecule has 1 atom stereocenters. The summed E-state index contributed by atoms with van der Waals surface area (Å²) in [5, 5.41) is 0. The van der Waals surface area contributed by atoms with Crippen molar-refractivity contribution in [2.75, 3.05) is 7.11 Å². The molecule has 0 aromatic carbocycles. The number of ether oxygens (including phenoxy) is 1. The quantitative estimate of drug-likeness (QED) is 0.803. The lowest BCUT2D eigenvalue weighted by Gasteiger charge is -2.11. The van der Waals surface area contributed by atoms with Crippen molar-refractivity contribution in [2.24, 2.45) is 5.73 Å². The van der Waals surface area contributed by atoms with Gasteiger partial charge < -0.3 is 15.5 Å². The molecule has 1 amide bonds. The Bertz CT molecular complexity index is 647. The molecule has 0 bridgehead atoms. The average molecular weight is 267 g/mol. The van der Waals surface area contributed by atoms with Crippen molar-refractivity contribution in [2.45, 2.75) is 19.4 Å². The molecule has 96 valence electrons. The smallest absolute Gasteiger partial charge is 0.242 e. The van der Waals surface area contributed by atoms with Crippen LogP contribution in [-0.2, 0) is 4.79 Å². The van der Waals surface area contributed by atoms with E-state index in [1.165, 1.54) is 13.4 Å². The molecule has 2 aromatic rings. The number of primary amides is 1. The fourth-order valence-corrected chi connectivity index (χ4v) is 2.23. The Kier molecular flexibility index (Phi) is 3.28. The summed E-state index contributed by atoms with van der Waals surface area (Å²) in [6, 6.07) is -0.177. The van der Waals surface area contributed by atoms with Gasteiger partial charge >= 0.3 is 0 Å². The Balaban J connectivity index is 2.61. The molecular weight excluding hydrogens is 254 g/mol. The first-order valence-electron chi connectivity index (χ1n) is 5.32. The fourth-order valence-electron chi connectivity index (χ4n) is 1.86. The predicted molar refractivity (Wildman–Crippen MR) is 67.8 cm³/mol. The van der Waals surface area contributed by atoms with Crippen LogP contribution in [0.1, 0.15) is 19.4 Å². The minimum Gasteiger partial charge on any atom is -0.479 e. The van der Waals surface area contributed by atoms with E-state index in [9.17, 15) is 4.79 Å². The number of nitrogens with one attached hydrogen (secondary N) is 1. The topological polar surface area (TPSA) is 98.8 Å². The van der Waals surface area contributed by atoms with Crippen molar-refractivity contribution in [1.82, 2.24) is 19.5 Å². The second-order valence-electron chi connectivity index (χ2n) is 3.90. The molecule has 8 heteroatoms. The average Bonchev–Trinajstić information content (AvgIpc) is 2.63. The van der Waals surface area contributed by atoms with Gasteiger partial charge in [-0.3, -0.25) is 9.36 Å². The van der Waals surface area contributed by atoms with Crippen LogP contribution in [0.3, 0.4) is 0 Å². The number of aromatic nitrogens is 4. The number of fused-ring (bicyclic) bond motifs is 1. The van der Waals surface area contributed by atoms with Crippen LogP contribution in [0.2, 0.25) is 0 Å². The summed E-state index contributed by atoms with van der Waals surface area (Å²) in [6.07, 6.45) is 1.57. The number of nitrogens with two attached hydrogens (primary N) is 1. The molecule has 0 spiro atoms. The van der Waals surface area contributed by atoms with Gasteiger partial charge in [0, 0.05) is 12.5 Å². The Hall–Kier alpha value is -1.96. The number of aromatic amines is 1. The van der Waals surface area contributed by atoms with Gasteiger partial charge in [0.25, 0.3) is 0 Å². The summed E-state index contributed by atoms with van der Waals surface area (Å²) >= 11 is 5.22. The van der Waals surface area contributed by atoms with Gasteiger partial charge in [-0.15, -0.1) is 0 Å². The lowest BCUT2D eigenvalue weighted by Crippen LogP contribution is -2.17. The summed E-state index contributed by atoms with van der Waals surface area (Å²) in [5.74, 6) is 0.0240. The van der Waals surface area contributed by atoms with E-state index >= 15 is 0 Å². The van der Waals surface area contributed by atoms with Crippen LogP contribution in [0.15, 0.2) is 6.33 Å². The number of H-pyrrole nitrogens is 1. The number of amides is 1. The molecule has 0 radical (unpaired) electrons. The first-order valence-corrected chi connectivity index (χ1v) is 5.73. The van der Waals surface area contributed by atoms with E-state index in [0.29, 0.717) is 21.8 Å². The number of imidazole rings is 1. The Morgan fingerprint density at radius 3 is 3.00 bits per heavy atom. The van der Waals surface area contributed by atoms with Crippen LogP contribution in [0, 0.1) is 4.77 Å². The summed E-state index contributed by atoms with van der Waals surface area (Å²) in [6.45, 7) is 1.85.